The van der Waals surface area contributed by atoms with Gasteiger partial charge < -0.3 is 16.4 Å². The molecule has 4 N–H and O–H groups in total. The van der Waals surface area contributed by atoms with Gasteiger partial charge >= 0.3 is 12.2 Å². The van der Waals surface area contributed by atoms with Crippen molar-refractivity contribution in [2.75, 3.05) is 16.8 Å². The van der Waals surface area contributed by atoms with Crippen molar-refractivity contribution in [2.24, 2.45) is 5.73 Å². The Morgan fingerprint density at radius 1 is 1.11 bits per heavy atom. The van der Waals surface area contributed by atoms with Gasteiger partial charge in [-0.25, -0.2) is 13.6 Å². The topological polar surface area (TPSA) is 87.5 Å². The first-order valence-electron chi connectivity index (χ1n) is 10.5. The highest BCUT2D eigenvalue weighted by Crippen LogP contribution is 2.47. The molecule has 12 heteroatoms. The molecule has 0 bridgehead atoms. The fourth-order valence-corrected chi connectivity index (χ4v) is 4.79. The second-order valence-corrected chi connectivity index (χ2v) is 8.89. The van der Waals surface area contributed by atoms with E-state index in [0.717, 1.165) is 29.2 Å². The molecule has 2 aliphatic heterocycles. The third-order valence-electron chi connectivity index (χ3n) is 6.31. The monoisotopic (exact) mass is 522 g/mol. The van der Waals surface area contributed by atoms with E-state index in [0.29, 0.717) is 6.07 Å². The number of carbonyl (C=O) groups excluding carboxylic acids is 2. The highest BCUT2D eigenvalue weighted by molar-refractivity contribution is 6.31. The Hall–Kier alpha value is -3.70. The molecule has 2 heterocycles. The number of anilines is 2. The first kappa shape index (κ1) is 24.0. The number of amides is 3. The summed E-state index contributed by atoms with van der Waals surface area (Å²) >= 11 is 6.23. The summed E-state index contributed by atoms with van der Waals surface area (Å²) in [4.78, 5) is 26.6. The molecule has 186 valence electrons. The van der Waals surface area contributed by atoms with Gasteiger partial charge in [-0.1, -0.05) is 17.7 Å². The number of rotatable bonds is 2. The summed E-state index contributed by atoms with van der Waals surface area (Å²) in [5, 5.41) is 5.36. The van der Waals surface area contributed by atoms with Gasteiger partial charge in [0.15, 0.2) is 5.54 Å². The molecular weight excluding hydrogens is 507 g/mol. The maximum absolute atomic E-state index is 13.9. The van der Waals surface area contributed by atoms with E-state index in [-0.39, 0.29) is 33.1 Å². The van der Waals surface area contributed by atoms with Crippen molar-refractivity contribution < 1.29 is 31.5 Å². The second kappa shape index (κ2) is 8.17. The van der Waals surface area contributed by atoms with Crippen LogP contribution in [0.25, 0.3) is 0 Å². The van der Waals surface area contributed by atoms with E-state index in [1.165, 1.54) is 24.3 Å². The lowest BCUT2D eigenvalue weighted by Crippen LogP contribution is -2.54. The summed E-state index contributed by atoms with van der Waals surface area (Å²) < 4.78 is 69.3. The number of nitrogens with one attached hydrogen (secondary N) is 2. The van der Waals surface area contributed by atoms with Gasteiger partial charge in [-0.15, -0.1) is 0 Å². The van der Waals surface area contributed by atoms with Crippen LogP contribution in [0.4, 0.5) is 38.1 Å². The molecule has 0 unspecified atom stereocenters. The van der Waals surface area contributed by atoms with Crippen molar-refractivity contribution in [3.8, 4) is 0 Å². The predicted octanol–water partition coefficient (Wildman–Crippen LogP) is 5.22. The number of urea groups is 1. The maximum atomic E-state index is 13.9. The maximum Gasteiger partial charge on any atom is 0.412 e. The largest absolute Gasteiger partial charge is 0.412 e. The van der Waals surface area contributed by atoms with Crippen LogP contribution in [0.1, 0.15) is 33.1 Å². The third-order valence-corrected chi connectivity index (χ3v) is 6.66. The van der Waals surface area contributed by atoms with Gasteiger partial charge in [0, 0.05) is 33.0 Å². The second-order valence-electron chi connectivity index (χ2n) is 8.49. The Morgan fingerprint density at radius 3 is 2.53 bits per heavy atom. The van der Waals surface area contributed by atoms with E-state index in [1.54, 1.807) is 0 Å². The number of nitrogens with zero attached hydrogens (tertiary/aromatic N) is 1. The van der Waals surface area contributed by atoms with Crippen molar-refractivity contribution in [1.29, 1.82) is 0 Å². The van der Waals surface area contributed by atoms with Gasteiger partial charge in [0.2, 0.25) is 0 Å². The van der Waals surface area contributed by atoms with Crippen LogP contribution in [0.5, 0.6) is 0 Å². The molecule has 0 fully saturated rings. The highest BCUT2D eigenvalue weighted by atomic mass is 35.5. The quantitative estimate of drug-likeness (QED) is 0.403. The molecule has 0 saturated carbocycles. The third kappa shape index (κ3) is 3.66. The van der Waals surface area contributed by atoms with Crippen molar-refractivity contribution in [3.05, 3.63) is 93.5 Å². The molecule has 36 heavy (non-hydrogen) atoms. The molecule has 5 rings (SSSR count). The zero-order valence-electron chi connectivity index (χ0n) is 18.1. The van der Waals surface area contributed by atoms with Crippen LogP contribution in [-0.4, -0.2) is 24.7 Å². The summed E-state index contributed by atoms with van der Waals surface area (Å²) in [7, 11) is 0. The Balaban J connectivity index is 1.54. The van der Waals surface area contributed by atoms with Crippen LogP contribution in [0.3, 0.4) is 0 Å². The molecule has 2 atom stereocenters. The molecule has 0 saturated heterocycles. The zero-order chi connectivity index (χ0) is 26.0. The molecular formula is C24H16ClF5N4O2. The summed E-state index contributed by atoms with van der Waals surface area (Å²) in [5.74, 6) is -2.05. The molecule has 0 radical (unpaired) electrons. The van der Waals surface area contributed by atoms with Crippen LogP contribution in [0, 0.1) is 11.6 Å². The summed E-state index contributed by atoms with van der Waals surface area (Å²) in [6.07, 6.45) is -4.98. The van der Waals surface area contributed by atoms with Gasteiger partial charge in [-0.05, 0) is 48.5 Å². The van der Waals surface area contributed by atoms with Crippen LogP contribution >= 0.6 is 11.6 Å². The minimum atomic E-state index is -4.98. The van der Waals surface area contributed by atoms with Crippen molar-refractivity contribution in [2.45, 2.75) is 17.8 Å². The minimum Gasteiger partial charge on any atom is -0.341 e. The molecule has 3 aromatic carbocycles. The Bertz CT molecular complexity index is 1430. The van der Waals surface area contributed by atoms with Gasteiger partial charge in [-0.3, -0.25) is 9.69 Å². The molecule has 6 nitrogen and oxygen atoms in total. The average Bonchev–Trinajstić information content (AvgIpc) is 3.31. The number of hydrogen-bond donors (Lipinski definition) is 3. The fraction of sp³-hybridized carbons (Fsp3) is 0.167. The first-order chi connectivity index (χ1) is 16.9. The number of fused-ring (bicyclic) bond motifs is 2. The lowest BCUT2D eigenvalue weighted by atomic mass is 9.92. The predicted molar refractivity (Wildman–Crippen MR) is 122 cm³/mol. The van der Waals surface area contributed by atoms with E-state index < -0.39 is 53.4 Å². The molecule has 3 aromatic rings. The first-order valence-corrected chi connectivity index (χ1v) is 10.9. The van der Waals surface area contributed by atoms with Crippen molar-refractivity contribution in [1.82, 2.24) is 5.32 Å². The minimum absolute atomic E-state index is 0.0892. The summed E-state index contributed by atoms with van der Waals surface area (Å²) in [5.41, 5.74) is 2.63. The lowest BCUT2D eigenvalue weighted by Gasteiger charge is -2.28. The normalized spacial score (nSPS) is 20.7. The fourth-order valence-electron chi connectivity index (χ4n) is 4.56. The average molecular weight is 523 g/mol. The number of alkyl halides is 3. The van der Waals surface area contributed by atoms with E-state index in [1.807, 2.05) is 0 Å². The molecule has 2 aliphatic rings. The smallest absolute Gasteiger partial charge is 0.341 e. The number of hydrogen-bond acceptors (Lipinski definition) is 3. The standard InChI is InChI=1S/C24H16ClF5N4O2/c25-16-6-4-11(26)8-14(16)20-19-13(21(35)33-20)2-1-3-17(19)32-22(36)34-10-23(31,24(28,29)30)15-9-12(27)5-7-18(15)34/h1-9,20H,10,31H2,(H,32,36)(H,33,35)/t20-,23+/m0/s1. The number of nitrogens with two attached hydrogens (primary N) is 1. The van der Waals surface area contributed by atoms with Crippen LogP contribution in [-0.2, 0) is 5.54 Å². The molecule has 0 aromatic heterocycles. The Morgan fingerprint density at radius 2 is 1.81 bits per heavy atom. The number of carbonyl (C=O) groups is 2. The van der Waals surface area contributed by atoms with E-state index >= 15 is 0 Å². The Kier molecular flexibility index (Phi) is 5.45. The van der Waals surface area contributed by atoms with Gasteiger partial charge in [0.1, 0.15) is 11.6 Å². The van der Waals surface area contributed by atoms with Crippen molar-refractivity contribution >= 4 is 34.9 Å². The van der Waals surface area contributed by atoms with Crippen LogP contribution in [0.15, 0.2) is 54.6 Å². The van der Waals surface area contributed by atoms with Gasteiger partial charge in [-0.2, -0.15) is 13.2 Å². The van der Waals surface area contributed by atoms with Gasteiger partial charge in [0.25, 0.3) is 5.91 Å². The van der Waals surface area contributed by atoms with Crippen molar-refractivity contribution in [3.63, 3.8) is 0 Å². The van der Waals surface area contributed by atoms with Crippen LogP contribution in [0.2, 0.25) is 5.02 Å². The number of benzene rings is 3. The lowest BCUT2D eigenvalue weighted by molar-refractivity contribution is -0.184. The van der Waals surface area contributed by atoms with E-state index in [9.17, 15) is 31.5 Å². The number of halogens is 6. The highest BCUT2D eigenvalue weighted by Gasteiger charge is 2.59. The van der Waals surface area contributed by atoms with Gasteiger partial charge in [0.05, 0.1) is 18.3 Å². The zero-order valence-corrected chi connectivity index (χ0v) is 18.8. The SMILES string of the molecule is N[C@]1(C(F)(F)F)CN(C(=O)Nc2cccc3c2[C@H](c2cc(F)ccc2Cl)NC3=O)c2ccc(F)cc21. The van der Waals surface area contributed by atoms with E-state index in [2.05, 4.69) is 10.6 Å². The summed E-state index contributed by atoms with van der Waals surface area (Å²) in [6, 6.07) is 8.69. The molecule has 0 aliphatic carbocycles. The summed E-state index contributed by atoms with van der Waals surface area (Å²) in [6.45, 7) is -0.994. The van der Waals surface area contributed by atoms with Crippen LogP contribution < -0.4 is 21.3 Å². The Labute approximate surface area is 205 Å². The molecule has 0 spiro atoms. The van der Waals surface area contributed by atoms with E-state index in [4.69, 9.17) is 17.3 Å². The molecule has 3 amide bonds.